The summed E-state index contributed by atoms with van der Waals surface area (Å²) in [6.07, 6.45) is 4.83. The third-order valence-electron chi connectivity index (χ3n) is 7.37. The molecule has 0 fully saturated rings. The van der Waals surface area contributed by atoms with Gasteiger partial charge in [0.15, 0.2) is 0 Å². The van der Waals surface area contributed by atoms with Gasteiger partial charge in [-0.3, -0.25) is 14.0 Å². The molecule has 7 rings (SSSR count). The van der Waals surface area contributed by atoms with Crippen LogP contribution < -0.4 is 15.5 Å². The number of rotatable bonds is 7. The van der Waals surface area contributed by atoms with Crippen molar-refractivity contribution in [3.8, 4) is 22.6 Å². The van der Waals surface area contributed by atoms with Crippen LogP contribution in [0.4, 0.5) is 23.0 Å². The number of amides is 2. The van der Waals surface area contributed by atoms with Gasteiger partial charge in [-0.2, -0.15) is 0 Å². The van der Waals surface area contributed by atoms with E-state index in [-0.39, 0.29) is 11.8 Å². The maximum absolute atomic E-state index is 12.7. The van der Waals surface area contributed by atoms with E-state index in [4.69, 9.17) is 9.97 Å². The minimum absolute atomic E-state index is 0.0469. The highest BCUT2D eigenvalue weighted by Crippen LogP contribution is 2.34. The summed E-state index contributed by atoms with van der Waals surface area (Å²) in [5.74, 6) is 0.429. The van der Waals surface area contributed by atoms with E-state index in [1.807, 2.05) is 94.8 Å². The van der Waals surface area contributed by atoms with Gasteiger partial charge in [0.1, 0.15) is 5.65 Å². The van der Waals surface area contributed by atoms with E-state index in [0.29, 0.717) is 30.3 Å². The number of nitrogens with zero attached hydrogens (tertiary/aromatic N) is 5. The lowest BCUT2D eigenvalue weighted by Gasteiger charge is -2.15. The Morgan fingerprint density at radius 1 is 0.953 bits per heavy atom. The molecule has 10 heteroatoms. The summed E-state index contributed by atoms with van der Waals surface area (Å²) in [4.78, 5) is 41.8. The van der Waals surface area contributed by atoms with Gasteiger partial charge in [0.05, 0.1) is 23.5 Å². The zero-order chi connectivity index (χ0) is 29.3. The highest BCUT2D eigenvalue weighted by Gasteiger charge is 2.23. The van der Waals surface area contributed by atoms with Crippen molar-refractivity contribution in [1.82, 2.24) is 19.4 Å². The molecule has 0 saturated heterocycles. The Bertz CT molecular complexity index is 1980. The minimum atomic E-state index is -0.0677. The maximum Gasteiger partial charge on any atom is 0.229 e. The number of aromatic nitrogens is 4. The van der Waals surface area contributed by atoms with Crippen molar-refractivity contribution >= 4 is 51.8 Å². The molecule has 212 valence electrons. The second-order valence-corrected chi connectivity index (χ2v) is 11.3. The normalized spacial score (nSPS) is 12.3. The number of anilines is 4. The number of hydrogen-bond acceptors (Lipinski definition) is 7. The number of pyridine rings is 1. The van der Waals surface area contributed by atoms with Crippen LogP contribution in [0.5, 0.6) is 0 Å². The Hall–Kier alpha value is -5.35. The summed E-state index contributed by atoms with van der Waals surface area (Å²) >= 11 is 1.57. The molecule has 0 saturated carbocycles. The van der Waals surface area contributed by atoms with Gasteiger partial charge in [-0.25, -0.2) is 15.0 Å². The molecular formula is C33H27N7O2S. The van der Waals surface area contributed by atoms with Gasteiger partial charge >= 0.3 is 0 Å². The Kier molecular flexibility index (Phi) is 6.88. The Balaban J connectivity index is 1.21. The van der Waals surface area contributed by atoms with Gasteiger partial charge in [0, 0.05) is 53.4 Å². The van der Waals surface area contributed by atoms with Gasteiger partial charge in [-0.15, -0.1) is 11.3 Å². The fourth-order valence-corrected chi connectivity index (χ4v) is 6.15. The first-order valence-electron chi connectivity index (χ1n) is 13.9. The molecule has 2 amide bonds. The molecule has 0 aliphatic carbocycles. The molecule has 43 heavy (non-hydrogen) atoms. The summed E-state index contributed by atoms with van der Waals surface area (Å²) in [7, 11) is 0. The van der Waals surface area contributed by atoms with Crippen LogP contribution in [-0.2, 0) is 22.4 Å². The van der Waals surface area contributed by atoms with Gasteiger partial charge < -0.3 is 15.5 Å². The zero-order valence-corrected chi connectivity index (χ0v) is 24.1. The number of hydrogen-bond donors (Lipinski definition) is 2. The number of fused-ring (bicyclic) bond motifs is 2. The molecule has 0 atom stereocenters. The third-order valence-corrected chi connectivity index (χ3v) is 8.25. The number of imidazole rings is 1. The quantitative estimate of drug-likeness (QED) is 0.226. The number of carbonyl (C=O) groups excluding carboxylic acids is 2. The zero-order valence-electron chi connectivity index (χ0n) is 23.3. The maximum atomic E-state index is 12.7. The van der Waals surface area contributed by atoms with Crippen LogP contribution in [0, 0.1) is 0 Å². The van der Waals surface area contributed by atoms with E-state index in [0.717, 1.165) is 50.8 Å². The predicted molar refractivity (Wildman–Crippen MR) is 170 cm³/mol. The van der Waals surface area contributed by atoms with Crippen molar-refractivity contribution in [3.05, 3.63) is 107 Å². The lowest BCUT2D eigenvalue weighted by molar-refractivity contribution is -0.116. The first kappa shape index (κ1) is 26.5. The van der Waals surface area contributed by atoms with Crippen molar-refractivity contribution in [2.75, 3.05) is 22.1 Å². The second-order valence-electron chi connectivity index (χ2n) is 10.3. The number of carbonyl (C=O) groups is 2. The van der Waals surface area contributed by atoms with Gasteiger partial charge in [-0.1, -0.05) is 24.3 Å². The lowest BCUT2D eigenvalue weighted by Crippen LogP contribution is -2.25. The van der Waals surface area contributed by atoms with Crippen molar-refractivity contribution < 1.29 is 9.59 Å². The average molecular weight is 586 g/mol. The van der Waals surface area contributed by atoms with E-state index in [1.54, 1.807) is 29.4 Å². The van der Waals surface area contributed by atoms with Crippen molar-refractivity contribution in [2.45, 2.75) is 19.8 Å². The van der Waals surface area contributed by atoms with Crippen LogP contribution in [0.1, 0.15) is 17.4 Å². The number of nitrogens with one attached hydrogen (secondary N) is 2. The molecule has 0 unspecified atom stereocenters. The van der Waals surface area contributed by atoms with Crippen LogP contribution in [0.3, 0.4) is 0 Å². The average Bonchev–Trinajstić information content (AvgIpc) is 3.76. The van der Waals surface area contributed by atoms with Gasteiger partial charge in [-0.05, 0) is 72.0 Å². The van der Waals surface area contributed by atoms with Crippen LogP contribution in [0.2, 0.25) is 0 Å². The summed E-state index contributed by atoms with van der Waals surface area (Å²) in [6, 6.07) is 25.3. The second kappa shape index (κ2) is 11.1. The van der Waals surface area contributed by atoms with E-state index < -0.39 is 0 Å². The monoisotopic (exact) mass is 585 g/mol. The highest BCUT2D eigenvalue weighted by molar-refractivity contribution is 7.10. The molecule has 9 nitrogen and oxygen atoms in total. The fraction of sp³-hybridized carbons (Fsp3) is 0.121. The van der Waals surface area contributed by atoms with Crippen LogP contribution in [0.15, 0.2) is 96.6 Å². The largest absolute Gasteiger partial charge is 0.326 e. The Morgan fingerprint density at radius 2 is 1.88 bits per heavy atom. The molecule has 6 aromatic rings. The molecule has 1 aliphatic rings. The molecule has 5 heterocycles. The van der Waals surface area contributed by atoms with Crippen molar-refractivity contribution in [2.24, 2.45) is 0 Å². The van der Waals surface area contributed by atoms with Gasteiger partial charge in [0.25, 0.3) is 0 Å². The van der Waals surface area contributed by atoms with Crippen LogP contribution >= 0.6 is 11.3 Å². The van der Waals surface area contributed by atoms with E-state index in [9.17, 15) is 9.59 Å². The Morgan fingerprint density at radius 3 is 2.74 bits per heavy atom. The third kappa shape index (κ3) is 5.35. The van der Waals surface area contributed by atoms with Crippen LogP contribution in [0.25, 0.3) is 28.3 Å². The summed E-state index contributed by atoms with van der Waals surface area (Å²) in [5, 5.41) is 8.33. The lowest BCUT2D eigenvalue weighted by atomic mass is 10.1. The molecule has 2 aromatic carbocycles. The first-order valence-corrected chi connectivity index (χ1v) is 14.8. The predicted octanol–water partition coefficient (Wildman–Crippen LogP) is 6.35. The topological polar surface area (TPSA) is 105 Å². The summed E-state index contributed by atoms with van der Waals surface area (Å²) in [6.45, 7) is 2.28. The van der Waals surface area contributed by atoms with Gasteiger partial charge in [0.2, 0.25) is 17.8 Å². The number of thiophene rings is 1. The number of benzene rings is 2. The molecule has 1 aliphatic heterocycles. The van der Waals surface area contributed by atoms with E-state index in [1.165, 1.54) is 0 Å². The highest BCUT2D eigenvalue weighted by atomic mass is 32.1. The molecule has 0 radical (unpaired) electrons. The van der Waals surface area contributed by atoms with Crippen LogP contribution in [-0.4, -0.2) is 37.7 Å². The fourth-order valence-electron chi connectivity index (χ4n) is 5.45. The molecule has 4 aromatic heterocycles. The van der Waals surface area contributed by atoms with E-state index >= 15 is 0 Å². The van der Waals surface area contributed by atoms with Crippen molar-refractivity contribution in [1.29, 1.82) is 0 Å². The Labute approximate surface area is 251 Å². The molecule has 0 bridgehead atoms. The summed E-state index contributed by atoms with van der Waals surface area (Å²) < 4.78 is 2.01. The summed E-state index contributed by atoms with van der Waals surface area (Å²) in [5.41, 5.74) is 7.51. The first-order chi connectivity index (χ1) is 21.0. The molecular weight excluding hydrogens is 558 g/mol. The van der Waals surface area contributed by atoms with E-state index in [2.05, 4.69) is 15.6 Å². The smallest absolute Gasteiger partial charge is 0.229 e. The van der Waals surface area contributed by atoms with Crippen molar-refractivity contribution in [3.63, 3.8) is 0 Å². The molecule has 2 N–H and O–H groups in total. The minimum Gasteiger partial charge on any atom is -0.326 e. The standard InChI is InChI=1S/C33H27N7O2S/c1-21(41)39-16-13-22-18-25(10-11-28(22)39)36-33-34-14-12-27(37-33)32-31(38-29-9-2-3-15-40(29)32)23-6-4-7-24(19-23)35-30(42)20-26-8-5-17-43-26/h2-12,14-15,17-19H,13,16,20H2,1H3,(H,35,42)(H,34,36,37). The SMILES string of the molecule is CC(=O)N1CCc2cc(Nc3nccc(-c4c(-c5cccc(NC(=O)Cc6cccs6)c5)nc5ccccn45)n3)ccc21. The molecule has 0 spiro atoms.